The predicted octanol–water partition coefficient (Wildman–Crippen LogP) is 4.50. The Kier molecular flexibility index (Phi) is 7.10. The van der Waals surface area contributed by atoms with Gasteiger partial charge in [0.2, 0.25) is 5.91 Å². The summed E-state index contributed by atoms with van der Waals surface area (Å²) in [7, 11) is 0. The van der Waals surface area contributed by atoms with Gasteiger partial charge in [0.05, 0.1) is 5.92 Å². The van der Waals surface area contributed by atoms with E-state index in [9.17, 15) is 9.59 Å². The van der Waals surface area contributed by atoms with Crippen LogP contribution in [-0.4, -0.2) is 36.3 Å². The summed E-state index contributed by atoms with van der Waals surface area (Å²) >= 11 is 5.91. The summed E-state index contributed by atoms with van der Waals surface area (Å²) in [6, 6.07) is 17.2. The molecule has 2 unspecified atom stereocenters. The second-order valence-electron chi connectivity index (χ2n) is 7.36. The van der Waals surface area contributed by atoms with Gasteiger partial charge in [-0.2, -0.15) is 0 Å². The van der Waals surface area contributed by atoms with Gasteiger partial charge in [-0.25, -0.2) is 0 Å². The SMILES string of the molecule is CCC(CNC(=O)C1CCCN(C(=O)c2ccc(Cl)cc2)C1)c1ccccc1. The maximum Gasteiger partial charge on any atom is 0.253 e. The molecule has 1 saturated heterocycles. The molecule has 2 atom stereocenters. The minimum absolute atomic E-state index is 0.0371. The van der Waals surface area contributed by atoms with Gasteiger partial charge in [0, 0.05) is 36.1 Å². The molecule has 1 N–H and O–H groups in total. The highest BCUT2D eigenvalue weighted by Crippen LogP contribution is 2.21. The third-order valence-corrected chi connectivity index (χ3v) is 5.71. The summed E-state index contributed by atoms with van der Waals surface area (Å²) in [4.78, 5) is 27.2. The van der Waals surface area contributed by atoms with Gasteiger partial charge in [-0.1, -0.05) is 48.9 Å². The van der Waals surface area contributed by atoms with Crippen LogP contribution in [0.2, 0.25) is 5.02 Å². The Bertz CT molecular complexity index is 792. The number of rotatable bonds is 6. The average Bonchev–Trinajstić information content (AvgIpc) is 2.75. The standard InChI is InChI=1S/C23H27ClN2O2/c1-2-17(18-7-4-3-5-8-18)15-25-22(27)20-9-6-14-26(16-20)23(28)19-10-12-21(24)13-11-19/h3-5,7-8,10-13,17,20H,2,6,9,14-16H2,1H3,(H,25,27). The third-order valence-electron chi connectivity index (χ3n) is 5.46. The zero-order valence-corrected chi connectivity index (χ0v) is 17.0. The van der Waals surface area contributed by atoms with E-state index in [1.165, 1.54) is 5.56 Å². The van der Waals surface area contributed by atoms with Crippen molar-refractivity contribution in [2.45, 2.75) is 32.1 Å². The number of amides is 2. The fourth-order valence-corrected chi connectivity index (χ4v) is 3.87. The second-order valence-corrected chi connectivity index (χ2v) is 7.79. The van der Waals surface area contributed by atoms with Crippen molar-refractivity contribution >= 4 is 23.4 Å². The molecule has 1 aliphatic heterocycles. The number of hydrogen-bond acceptors (Lipinski definition) is 2. The van der Waals surface area contributed by atoms with Crippen LogP contribution in [0.15, 0.2) is 54.6 Å². The molecule has 0 aliphatic carbocycles. The largest absolute Gasteiger partial charge is 0.355 e. The van der Waals surface area contributed by atoms with E-state index in [2.05, 4.69) is 24.4 Å². The Balaban J connectivity index is 1.56. The molecule has 0 spiro atoms. The van der Waals surface area contributed by atoms with E-state index in [0.29, 0.717) is 36.1 Å². The predicted molar refractivity (Wildman–Crippen MR) is 113 cm³/mol. The van der Waals surface area contributed by atoms with Crippen molar-refractivity contribution in [1.29, 1.82) is 0 Å². The van der Waals surface area contributed by atoms with E-state index in [1.807, 2.05) is 18.2 Å². The van der Waals surface area contributed by atoms with E-state index in [4.69, 9.17) is 11.6 Å². The first-order valence-electron chi connectivity index (χ1n) is 9.96. The minimum atomic E-state index is -0.154. The Labute approximate surface area is 171 Å². The van der Waals surface area contributed by atoms with Crippen molar-refractivity contribution in [2.75, 3.05) is 19.6 Å². The molecule has 0 saturated carbocycles. The average molecular weight is 399 g/mol. The summed E-state index contributed by atoms with van der Waals surface area (Å²) in [5.74, 6) is 0.159. The summed E-state index contributed by atoms with van der Waals surface area (Å²) in [5, 5.41) is 3.72. The van der Waals surface area contributed by atoms with Crippen LogP contribution in [0.1, 0.15) is 48.0 Å². The Morgan fingerprint density at radius 3 is 2.54 bits per heavy atom. The van der Waals surface area contributed by atoms with Gasteiger partial charge in [0.25, 0.3) is 5.91 Å². The van der Waals surface area contributed by atoms with Gasteiger partial charge in [0.1, 0.15) is 0 Å². The molecule has 28 heavy (non-hydrogen) atoms. The van der Waals surface area contributed by atoms with Crippen molar-refractivity contribution < 1.29 is 9.59 Å². The maximum absolute atomic E-state index is 12.7. The molecule has 4 nitrogen and oxygen atoms in total. The Hall–Kier alpha value is -2.33. The van der Waals surface area contributed by atoms with Crippen LogP contribution in [0, 0.1) is 5.92 Å². The van der Waals surface area contributed by atoms with E-state index >= 15 is 0 Å². The Morgan fingerprint density at radius 1 is 1.14 bits per heavy atom. The third kappa shape index (κ3) is 5.14. The van der Waals surface area contributed by atoms with Gasteiger partial charge < -0.3 is 10.2 Å². The number of nitrogens with one attached hydrogen (secondary N) is 1. The molecule has 2 amide bonds. The lowest BCUT2D eigenvalue weighted by molar-refractivity contribution is -0.126. The van der Waals surface area contributed by atoms with Crippen molar-refractivity contribution in [2.24, 2.45) is 5.92 Å². The molecular formula is C23H27ClN2O2. The molecule has 2 aromatic carbocycles. The summed E-state index contributed by atoms with van der Waals surface area (Å²) in [6.07, 6.45) is 2.63. The van der Waals surface area contributed by atoms with E-state index in [1.54, 1.807) is 29.2 Å². The van der Waals surface area contributed by atoms with Crippen LogP contribution < -0.4 is 5.32 Å². The zero-order chi connectivity index (χ0) is 19.9. The lowest BCUT2D eigenvalue weighted by Crippen LogP contribution is -2.46. The molecule has 0 bridgehead atoms. The van der Waals surface area contributed by atoms with Gasteiger partial charge in [-0.05, 0) is 49.1 Å². The summed E-state index contributed by atoms with van der Waals surface area (Å²) < 4.78 is 0. The highest BCUT2D eigenvalue weighted by atomic mass is 35.5. The van der Waals surface area contributed by atoms with Gasteiger partial charge >= 0.3 is 0 Å². The van der Waals surface area contributed by atoms with Gasteiger partial charge in [-0.15, -0.1) is 0 Å². The molecule has 1 heterocycles. The molecule has 148 valence electrons. The fourth-order valence-electron chi connectivity index (χ4n) is 3.74. The van der Waals surface area contributed by atoms with Crippen molar-refractivity contribution in [3.63, 3.8) is 0 Å². The first-order valence-corrected chi connectivity index (χ1v) is 10.3. The van der Waals surface area contributed by atoms with Crippen molar-refractivity contribution in [1.82, 2.24) is 10.2 Å². The van der Waals surface area contributed by atoms with Crippen LogP contribution in [0.25, 0.3) is 0 Å². The summed E-state index contributed by atoms with van der Waals surface area (Å²) in [6.45, 7) is 3.92. The summed E-state index contributed by atoms with van der Waals surface area (Å²) in [5.41, 5.74) is 1.86. The molecular weight excluding hydrogens is 372 g/mol. The maximum atomic E-state index is 12.7. The van der Waals surface area contributed by atoms with Gasteiger partial charge in [-0.3, -0.25) is 9.59 Å². The lowest BCUT2D eigenvalue weighted by atomic mass is 9.94. The van der Waals surface area contributed by atoms with E-state index in [0.717, 1.165) is 19.3 Å². The Morgan fingerprint density at radius 2 is 1.86 bits per heavy atom. The number of halogens is 1. The van der Waals surface area contributed by atoms with Crippen LogP contribution in [0.4, 0.5) is 0 Å². The molecule has 5 heteroatoms. The highest BCUT2D eigenvalue weighted by Gasteiger charge is 2.29. The monoisotopic (exact) mass is 398 g/mol. The van der Waals surface area contributed by atoms with E-state index < -0.39 is 0 Å². The number of carbonyl (C=O) groups is 2. The number of benzene rings is 2. The van der Waals surface area contributed by atoms with E-state index in [-0.39, 0.29) is 17.7 Å². The van der Waals surface area contributed by atoms with Gasteiger partial charge in [0.15, 0.2) is 0 Å². The fraction of sp³-hybridized carbons (Fsp3) is 0.391. The smallest absolute Gasteiger partial charge is 0.253 e. The molecule has 0 aromatic heterocycles. The number of piperidine rings is 1. The van der Waals surface area contributed by atoms with Crippen molar-refractivity contribution in [3.05, 3.63) is 70.7 Å². The van der Waals surface area contributed by atoms with Crippen LogP contribution in [0.3, 0.4) is 0 Å². The molecule has 1 aliphatic rings. The lowest BCUT2D eigenvalue weighted by Gasteiger charge is -2.32. The second kappa shape index (κ2) is 9.74. The van der Waals surface area contributed by atoms with Crippen molar-refractivity contribution in [3.8, 4) is 0 Å². The number of carbonyl (C=O) groups excluding carboxylic acids is 2. The highest BCUT2D eigenvalue weighted by molar-refractivity contribution is 6.30. The molecule has 3 rings (SSSR count). The van der Waals surface area contributed by atoms with Crippen LogP contribution in [0.5, 0.6) is 0 Å². The molecule has 2 aromatic rings. The van der Waals surface area contributed by atoms with Crippen LogP contribution in [-0.2, 0) is 4.79 Å². The topological polar surface area (TPSA) is 49.4 Å². The zero-order valence-electron chi connectivity index (χ0n) is 16.2. The quantitative estimate of drug-likeness (QED) is 0.778. The normalized spacial score (nSPS) is 17.8. The molecule has 1 fully saturated rings. The number of likely N-dealkylation sites (tertiary alicyclic amines) is 1. The minimum Gasteiger partial charge on any atom is -0.355 e. The first-order chi connectivity index (χ1) is 13.6. The number of nitrogens with zero attached hydrogens (tertiary/aromatic N) is 1. The molecule has 0 radical (unpaired) electrons. The number of hydrogen-bond donors (Lipinski definition) is 1. The van der Waals surface area contributed by atoms with Crippen LogP contribution >= 0.6 is 11.6 Å². The first kappa shape index (κ1) is 20.4.